The summed E-state index contributed by atoms with van der Waals surface area (Å²) < 4.78 is 0. The molecule has 0 N–H and O–H groups in total. The van der Waals surface area contributed by atoms with Crippen molar-refractivity contribution in [2.24, 2.45) is 0 Å². The molecular formula is C4H9Br3Si2. The van der Waals surface area contributed by atoms with E-state index in [-0.39, 0.29) is 7.42 Å². The van der Waals surface area contributed by atoms with Crippen molar-refractivity contribution in [1.82, 2.24) is 0 Å². The van der Waals surface area contributed by atoms with Gasteiger partial charge in [-0.2, -0.15) is 0 Å². The van der Waals surface area contributed by atoms with Gasteiger partial charge in [0.15, 0.2) is 0 Å². The molecule has 1 aliphatic heterocycles. The van der Waals surface area contributed by atoms with Gasteiger partial charge in [0.05, 0.1) is 0 Å². The van der Waals surface area contributed by atoms with Crippen molar-refractivity contribution >= 4 is 58.6 Å². The van der Waals surface area contributed by atoms with E-state index in [1.165, 1.54) is 24.2 Å². The van der Waals surface area contributed by atoms with Gasteiger partial charge in [-0.1, -0.05) is 12.1 Å². The lowest BCUT2D eigenvalue weighted by Gasteiger charge is -2.24. The minimum Gasteiger partial charge on any atom is -0.131 e. The van der Waals surface area contributed by atoms with Crippen LogP contribution < -0.4 is 0 Å². The first-order chi connectivity index (χ1) is 4.10. The fraction of sp³-hybridized carbons (Fsp3) is 1.00. The van der Waals surface area contributed by atoms with Crippen LogP contribution in [0.4, 0.5) is 0 Å². The third kappa shape index (κ3) is 3.18. The van der Waals surface area contributed by atoms with Gasteiger partial charge in [0, 0.05) is 0 Å². The molecule has 0 amide bonds. The predicted octanol–water partition coefficient (Wildman–Crippen LogP) is 3.35. The molecule has 1 heterocycles. The van der Waals surface area contributed by atoms with Crippen molar-refractivity contribution in [2.45, 2.75) is 24.2 Å². The summed E-state index contributed by atoms with van der Waals surface area (Å²) in [5.41, 5.74) is 0. The molecule has 0 radical (unpaired) electrons. The largest absolute Gasteiger partial charge is 0.200 e. The van der Waals surface area contributed by atoms with E-state index in [0.717, 1.165) is 0 Å². The van der Waals surface area contributed by atoms with E-state index in [0.29, 0.717) is 0 Å². The molecule has 1 rings (SSSR count). The third-order valence-electron chi connectivity index (χ3n) is 1.65. The van der Waals surface area contributed by atoms with E-state index in [9.17, 15) is 0 Å². The second kappa shape index (κ2) is 3.51. The number of hydrogen-bond donors (Lipinski definition) is 0. The number of rotatable bonds is 0. The third-order valence-corrected chi connectivity index (χ3v) is 14.2. The fourth-order valence-corrected chi connectivity index (χ4v) is 19.8. The maximum absolute atomic E-state index is 3.78. The van der Waals surface area contributed by atoms with Crippen molar-refractivity contribution in [2.75, 3.05) is 0 Å². The summed E-state index contributed by atoms with van der Waals surface area (Å²) in [5, 5.41) is -1.00. The first kappa shape index (κ1) is 8.97. The Morgan fingerprint density at radius 3 is 1.89 bits per heavy atom. The first-order valence-electron chi connectivity index (χ1n) is 3.12. The van der Waals surface area contributed by atoms with Gasteiger partial charge in [0.2, 0.25) is 5.31 Å². The van der Waals surface area contributed by atoms with Crippen molar-refractivity contribution in [1.29, 1.82) is 0 Å². The normalized spacial score (nSPS) is 28.3. The van der Waals surface area contributed by atoms with Crippen LogP contribution in [0.1, 0.15) is 0 Å². The van der Waals surface area contributed by atoms with E-state index >= 15 is 0 Å². The molecule has 0 atom stereocenters. The highest BCUT2D eigenvalue weighted by Crippen LogP contribution is 2.39. The second-order valence-corrected chi connectivity index (χ2v) is 23.8. The number of hydrogen-bond acceptors (Lipinski definition) is 0. The molecule has 0 aliphatic carbocycles. The quantitative estimate of drug-likeness (QED) is 0.463. The van der Waals surface area contributed by atoms with E-state index in [2.05, 4.69) is 45.9 Å². The summed E-state index contributed by atoms with van der Waals surface area (Å²) in [6.45, 7) is 0. The summed E-state index contributed by atoms with van der Waals surface area (Å²) in [6.07, 6.45) is 0. The molecule has 0 spiro atoms. The molecule has 0 aromatic carbocycles. The smallest absolute Gasteiger partial charge is 0.131 e. The van der Waals surface area contributed by atoms with E-state index < -0.39 is 5.31 Å². The van der Waals surface area contributed by atoms with Crippen LogP contribution in [-0.4, -0.2) is 12.7 Å². The lowest BCUT2D eigenvalue weighted by atomic mass is 10.9. The van der Waals surface area contributed by atoms with Crippen LogP contribution in [0.15, 0.2) is 0 Å². The molecule has 5 heteroatoms. The Balaban J connectivity index is 2.35. The summed E-state index contributed by atoms with van der Waals surface area (Å²) >= 11 is 11.3. The van der Waals surface area contributed by atoms with Crippen LogP contribution in [0.5, 0.6) is 0 Å². The van der Waals surface area contributed by atoms with Crippen LogP contribution >= 0.6 is 45.9 Å². The molecule has 0 aromatic heterocycles. The topological polar surface area (TPSA) is 0 Å². The van der Waals surface area contributed by atoms with Gasteiger partial charge in [-0.3, -0.25) is 0 Å². The van der Waals surface area contributed by atoms with Crippen LogP contribution in [0.2, 0.25) is 24.2 Å². The highest BCUT2D eigenvalue weighted by molar-refractivity contribution is 9.51. The maximum atomic E-state index is 3.78. The van der Waals surface area contributed by atoms with Crippen LogP contribution in [0, 0.1) is 0 Å². The Labute approximate surface area is 82.1 Å². The van der Waals surface area contributed by atoms with Crippen molar-refractivity contribution in [3.63, 3.8) is 0 Å². The number of halogens is 3. The minimum absolute atomic E-state index is 0.389. The molecule has 54 valence electrons. The Morgan fingerprint density at radius 1 is 1.11 bits per heavy atom. The second-order valence-electron chi connectivity index (χ2n) is 2.53. The molecule has 1 fully saturated rings. The summed E-state index contributed by atoms with van der Waals surface area (Å²) in [4.78, 5) is 0. The zero-order valence-corrected chi connectivity index (χ0v) is 12.0. The maximum Gasteiger partial charge on any atom is 0.200 e. The van der Waals surface area contributed by atoms with Crippen LogP contribution in [0.3, 0.4) is 0 Å². The minimum atomic E-state index is -1.00. The molecule has 0 bridgehead atoms. The molecular weight excluding hydrogens is 344 g/mol. The summed E-state index contributed by atoms with van der Waals surface area (Å²) in [5.74, 6) is 0. The molecule has 0 unspecified atom stereocenters. The highest BCUT2D eigenvalue weighted by atomic mass is 79.9. The molecule has 0 nitrogen and oxygen atoms in total. The molecule has 0 aromatic rings. The lowest BCUT2D eigenvalue weighted by molar-refractivity contribution is 1.23. The standard InChI is InChI=1S/C4H9Br3Si2/c5-8-1-3-9(6,7)4-2-8/h8H,1-4H2. The SMILES string of the molecule is Br[SiH]1CC[Si](Br)(Br)CC1. The molecule has 0 saturated carbocycles. The predicted molar refractivity (Wildman–Crippen MR) is 58.9 cm³/mol. The monoisotopic (exact) mass is 350 g/mol. The van der Waals surface area contributed by atoms with Gasteiger partial charge in [0.1, 0.15) is 7.42 Å². The van der Waals surface area contributed by atoms with Gasteiger partial charge in [-0.15, -0.1) is 45.9 Å². The molecule has 1 saturated heterocycles. The average Bonchev–Trinajstić information content (AvgIpc) is 1.78. The van der Waals surface area contributed by atoms with Gasteiger partial charge in [-0.05, 0) is 12.1 Å². The molecule has 9 heavy (non-hydrogen) atoms. The van der Waals surface area contributed by atoms with Crippen LogP contribution in [0.25, 0.3) is 0 Å². The summed E-state index contributed by atoms with van der Waals surface area (Å²) in [6, 6.07) is 5.80. The Bertz CT molecular complexity index is 96.0. The Kier molecular flexibility index (Phi) is 3.50. The Morgan fingerprint density at radius 2 is 1.56 bits per heavy atom. The zero-order valence-electron chi connectivity index (χ0n) is 5.04. The zero-order chi connectivity index (χ0) is 6.91. The first-order valence-corrected chi connectivity index (χ1v) is 14.9. The van der Waals surface area contributed by atoms with E-state index in [4.69, 9.17) is 0 Å². The van der Waals surface area contributed by atoms with Crippen molar-refractivity contribution < 1.29 is 0 Å². The van der Waals surface area contributed by atoms with Crippen LogP contribution in [-0.2, 0) is 0 Å². The Hall–Kier alpha value is 1.87. The van der Waals surface area contributed by atoms with E-state index in [1.807, 2.05) is 0 Å². The van der Waals surface area contributed by atoms with Crippen molar-refractivity contribution in [3.05, 3.63) is 0 Å². The van der Waals surface area contributed by atoms with Crippen molar-refractivity contribution in [3.8, 4) is 0 Å². The fourth-order valence-electron chi connectivity index (χ4n) is 1.00. The van der Waals surface area contributed by atoms with Gasteiger partial charge < -0.3 is 0 Å². The van der Waals surface area contributed by atoms with Gasteiger partial charge in [-0.25, -0.2) is 0 Å². The van der Waals surface area contributed by atoms with E-state index in [1.54, 1.807) is 0 Å². The highest BCUT2D eigenvalue weighted by Gasteiger charge is 2.32. The summed E-state index contributed by atoms with van der Waals surface area (Å²) in [7, 11) is -0.389. The average molecular weight is 353 g/mol. The lowest BCUT2D eigenvalue weighted by Crippen LogP contribution is -2.25. The van der Waals surface area contributed by atoms with Gasteiger partial charge >= 0.3 is 0 Å². The molecule has 1 aliphatic rings. The van der Waals surface area contributed by atoms with Gasteiger partial charge in [0.25, 0.3) is 0 Å².